The van der Waals surface area contributed by atoms with Gasteiger partial charge in [0.25, 0.3) is 0 Å². The van der Waals surface area contributed by atoms with Crippen LogP contribution in [0.3, 0.4) is 0 Å². The molecule has 2 aliphatic heterocycles. The van der Waals surface area contributed by atoms with Crippen LogP contribution in [0.25, 0.3) is 0 Å². The molecular weight excluding hydrogens is 352 g/mol. The Balaban J connectivity index is 1.46. The zero-order valence-electron chi connectivity index (χ0n) is 16.9. The Hall–Kier alpha value is -1.88. The van der Waals surface area contributed by atoms with Crippen LogP contribution < -0.4 is 0 Å². The van der Waals surface area contributed by atoms with Crippen LogP contribution in [-0.2, 0) is 20.7 Å². The largest absolute Gasteiger partial charge is 0.384 e. The summed E-state index contributed by atoms with van der Waals surface area (Å²) >= 11 is 0. The number of rotatable bonds is 7. The number of carbonyl (C=O) groups excluding carboxylic acids is 2. The van der Waals surface area contributed by atoms with Gasteiger partial charge in [0.2, 0.25) is 11.8 Å². The van der Waals surface area contributed by atoms with Gasteiger partial charge in [0.1, 0.15) is 0 Å². The number of amides is 2. The van der Waals surface area contributed by atoms with E-state index in [1.54, 1.807) is 7.11 Å². The van der Waals surface area contributed by atoms with Gasteiger partial charge in [0.15, 0.2) is 0 Å². The van der Waals surface area contributed by atoms with Gasteiger partial charge in [-0.25, -0.2) is 0 Å². The van der Waals surface area contributed by atoms with E-state index in [0.717, 1.165) is 51.9 Å². The van der Waals surface area contributed by atoms with Crippen molar-refractivity contribution in [3.63, 3.8) is 0 Å². The lowest BCUT2D eigenvalue weighted by Crippen LogP contribution is -2.42. The van der Waals surface area contributed by atoms with Gasteiger partial charge in [0.05, 0.1) is 13.0 Å². The number of benzene rings is 1. The highest BCUT2D eigenvalue weighted by molar-refractivity contribution is 5.80. The summed E-state index contributed by atoms with van der Waals surface area (Å²) < 4.78 is 5.09. The summed E-state index contributed by atoms with van der Waals surface area (Å²) in [4.78, 5) is 29.6. The van der Waals surface area contributed by atoms with Crippen molar-refractivity contribution in [1.29, 1.82) is 0 Å². The van der Waals surface area contributed by atoms with E-state index in [-0.39, 0.29) is 17.2 Å². The molecule has 4 rings (SSSR count). The first-order chi connectivity index (χ1) is 13.6. The van der Waals surface area contributed by atoms with Gasteiger partial charge >= 0.3 is 0 Å². The maximum atomic E-state index is 12.9. The Morgan fingerprint density at radius 3 is 2.50 bits per heavy atom. The highest BCUT2D eigenvalue weighted by atomic mass is 16.5. The van der Waals surface area contributed by atoms with E-state index in [4.69, 9.17) is 4.74 Å². The molecule has 2 heterocycles. The Kier molecular flexibility index (Phi) is 5.72. The molecule has 0 bridgehead atoms. The summed E-state index contributed by atoms with van der Waals surface area (Å²) in [6, 6.07) is 10.6. The average Bonchev–Trinajstić information content (AvgIpc) is 3.18. The van der Waals surface area contributed by atoms with Gasteiger partial charge in [-0.1, -0.05) is 36.8 Å². The van der Waals surface area contributed by atoms with Crippen molar-refractivity contribution in [2.75, 3.05) is 39.9 Å². The lowest BCUT2D eigenvalue weighted by Gasteiger charge is -2.32. The summed E-state index contributed by atoms with van der Waals surface area (Å²) in [5.74, 6) is 1.19. The van der Waals surface area contributed by atoms with E-state index in [2.05, 4.69) is 29.2 Å². The smallest absolute Gasteiger partial charge is 0.225 e. The molecule has 0 radical (unpaired) electrons. The van der Waals surface area contributed by atoms with Crippen LogP contribution in [0.5, 0.6) is 0 Å². The molecule has 0 spiro atoms. The highest BCUT2D eigenvalue weighted by Crippen LogP contribution is 2.47. The molecule has 1 aromatic rings. The maximum absolute atomic E-state index is 12.9. The lowest BCUT2D eigenvalue weighted by atomic mass is 9.76. The molecule has 3 fully saturated rings. The fourth-order valence-electron chi connectivity index (χ4n) is 5.19. The fraction of sp³-hybridized carbons (Fsp3) is 0.652. The van der Waals surface area contributed by atoms with Crippen LogP contribution in [0.4, 0.5) is 0 Å². The Bertz CT molecular complexity index is 703. The van der Waals surface area contributed by atoms with Crippen molar-refractivity contribution in [2.45, 2.75) is 38.5 Å². The first-order valence-electron chi connectivity index (χ1n) is 10.7. The minimum atomic E-state index is 0.0397. The second-order valence-corrected chi connectivity index (χ2v) is 8.91. The Labute approximate surface area is 168 Å². The first-order valence-corrected chi connectivity index (χ1v) is 10.7. The SMILES string of the molecule is COCCC(=O)N1C[C@@H]2CN(C(=O)C3CCC3)C[C@]2(CCc2ccccc2)C1. The van der Waals surface area contributed by atoms with Crippen molar-refractivity contribution in [3.8, 4) is 0 Å². The number of aryl methyl sites for hydroxylation is 1. The summed E-state index contributed by atoms with van der Waals surface area (Å²) in [7, 11) is 1.64. The molecule has 152 valence electrons. The van der Waals surface area contributed by atoms with Crippen molar-refractivity contribution >= 4 is 11.8 Å². The maximum Gasteiger partial charge on any atom is 0.225 e. The van der Waals surface area contributed by atoms with Crippen LogP contribution in [0.1, 0.15) is 37.7 Å². The second-order valence-electron chi connectivity index (χ2n) is 8.91. The lowest BCUT2D eigenvalue weighted by molar-refractivity contribution is -0.138. The van der Waals surface area contributed by atoms with Gasteiger partial charge < -0.3 is 14.5 Å². The number of likely N-dealkylation sites (tertiary alicyclic amines) is 2. The van der Waals surface area contributed by atoms with Crippen LogP contribution in [0.2, 0.25) is 0 Å². The van der Waals surface area contributed by atoms with E-state index in [0.29, 0.717) is 24.9 Å². The number of carbonyl (C=O) groups is 2. The highest BCUT2D eigenvalue weighted by Gasteiger charge is 2.54. The zero-order valence-corrected chi connectivity index (χ0v) is 16.9. The first kappa shape index (κ1) is 19.4. The van der Waals surface area contributed by atoms with E-state index in [1.807, 2.05) is 11.0 Å². The predicted octanol–water partition coefficient (Wildman–Crippen LogP) is 2.74. The Morgan fingerprint density at radius 1 is 1.11 bits per heavy atom. The molecule has 2 atom stereocenters. The number of methoxy groups -OCH3 is 1. The third-order valence-electron chi connectivity index (χ3n) is 7.15. The molecule has 0 aromatic heterocycles. The monoisotopic (exact) mass is 384 g/mol. The minimum Gasteiger partial charge on any atom is -0.384 e. The predicted molar refractivity (Wildman–Crippen MR) is 108 cm³/mol. The van der Waals surface area contributed by atoms with Crippen molar-refractivity contribution in [1.82, 2.24) is 9.80 Å². The van der Waals surface area contributed by atoms with E-state index in [9.17, 15) is 9.59 Å². The molecule has 5 heteroatoms. The van der Waals surface area contributed by atoms with Crippen molar-refractivity contribution in [3.05, 3.63) is 35.9 Å². The summed E-state index contributed by atoms with van der Waals surface area (Å²) in [5.41, 5.74) is 1.38. The van der Waals surface area contributed by atoms with Crippen LogP contribution >= 0.6 is 0 Å². The molecule has 5 nitrogen and oxygen atoms in total. The molecule has 1 aromatic carbocycles. The van der Waals surface area contributed by atoms with Gasteiger partial charge in [-0.15, -0.1) is 0 Å². The number of ether oxygens (including phenoxy) is 1. The van der Waals surface area contributed by atoms with Crippen molar-refractivity contribution in [2.24, 2.45) is 17.3 Å². The van der Waals surface area contributed by atoms with Crippen molar-refractivity contribution < 1.29 is 14.3 Å². The Morgan fingerprint density at radius 2 is 1.82 bits per heavy atom. The fourth-order valence-corrected chi connectivity index (χ4v) is 5.19. The van der Waals surface area contributed by atoms with Gasteiger partial charge in [0, 0.05) is 50.5 Å². The van der Waals surface area contributed by atoms with E-state index >= 15 is 0 Å². The summed E-state index contributed by atoms with van der Waals surface area (Å²) in [6.07, 6.45) is 5.78. The second kappa shape index (κ2) is 8.24. The molecular formula is C23H32N2O3. The van der Waals surface area contributed by atoms with Crippen LogP contribution in [-0.4, -0.2) is 61.5 Å². The molecule has 0 N–H and O–H groups in total. The number of hydrogen-bond donors (Lipinski definition) is 0. The van der Waals surface area contributed by atoms with Gasteiger partial charge in [-0.3, -0.25) is 9.59 Å². The third-order valence-corrected chi connectivity index (χ3v) is 7.15. The molecule has 2 amide bonds. The summed E-state index contributed by atoms with van der Waals surface area (Å²) in [6.45, 7) is 3.67. The molecule has 1 saturated carbocycles. The third kappa shape index (κ3) is 3.82. The molecule has 28 heavy (non-hydrogen) atoms. The molecule has 1 aliphatic carbocycles. The van der Waals surface area contributed by atoms with Gasteiger partial charge in [-0.05, 0) is 31.2 Å². The van der Waals surface area contributed by atoms with E-state index in [1.165, 1.54) is 12.0 Å². The summed E-state index contributed by atoms with van der Waals surface area (Å²) in [5, 5.41) is 0. The standard InChI is InChI=1S/C23H32N2O3/c1-28-13-11-21(26)24-14-20-15-25(22(27)19-8-5-9-19)17-23(20,16-24)12-10-18-6-3-2-4-7-18/h2-4,6-7,19-20H,5,8-17H2,1H3/t20-,23+/m1/s1. The number of hydrogen-bond acceptors (Lipinski definition) is 3. The van der Waals surface area contributed by atoms with Gasteiger partial charge in [-0.2, -0.15) is 0 Å². The van der Waals surface area contributed by atoms with Crippen LogP contribution in [0, 0.1) is 17.3 Å². The quantitative estimate of drug-likeness (QED) is 0.726. The minimum absolute atomic E-state index is 0.0397. The average molecular weight is 385 g/mol. The molecule has 0 unspecified atom stereocenters. The number of nitrogens with zero attached hydrogens (tertiary/aromatic N) is 2. The zero-order chi connectivity index (χ0) is 19.6. The molecule has 3 aliphatic rings. The topological polar surface area (TPSA) is 49.9 Å². The van der Waals surface area contributed by atoms with Crippen LogP contribution in [0.15, 0.2) is 30.3 Å². The van der Waals surface area contributed by atoms with E-state index < -0.39 is 0 Å². The molecule has 2 saturated heterocycles. The normalized spacial score (nSPS) is 27.0. The number of fused-ring (bicyclic) bond motifs is 1.